The first kappa shape index (κ1) is 28.3. The minimum absolute atomic E-state index is 0.00981. The highest BCUT2D eigenvalue weighted by Gasteiger charge is 2.15. The summed E-state index contributed by atoms with van der Waals surface area (Å²) in [6.07, 6.45) is 1.98. The van der Waals surface area contributed by atoms with Gasteiger partial charge in [-0.3, -0.25) is 4.79 Å². The number of aliphatic imine (C=N–C) groups is 1. The molecule has 1 amide bonds. The van der Waals surface area contributed by atoms with Crippen molar-refractivity contribution in [2.24, 2.45) is 4.99 Å². The Balaban J connectivity index is 0.000000642. The Labute approximate surface area is 197 Å². The van der Waals surface area contributed by atoms with Crippen LogP contribution in [-0.4, -0.2) is 66.3 Å². The quantitative estimate of drug-likeness (QED) is 0.139. The molecule has 0 bridgehead atoms. The fourth-order valence-corrected chi connectivity index (χ4v) is 2.45. The zero-order valence-corrected chi connectivity index (χ0v) is 21.2. The van der Waals surface area contributed by atoms with Gasteiger partial charge < -0.3 is 20.3 Å². The molecule has 0 aromatic heterocycles. The molecular formula is C20H30BrClN4O3S. The van der Waals surface area contributed by atoms with Crippen LogP contribution in [0.2, 0.25) is 5.02 Å². The molecule has 0 aliphatic carbocycles. The zero-order chi connectivity index (χ0) is 23.2. The molecule has 0 aliphatic rings. The molecule has 0 saturated carbocycles. The number of ether oxygens (including phenoxy) is 1. The van der Waals surface area contributed by atoms with Crippen LogP contribution in [0, 0.1) is 0 Å². The van der Waals surface area contributed by atoms with Crippen LogP contribution in [0.5, 0.6) is 0 Å². The number of hydrogen-bond donors (Lipinski definition) is 2. The van der Waals surface area contributed by atoms with Gasteiger partial charge in [0, 0.05) is 32.7 Å². The molecule has 0 heterocycles. The number of hydrogen-bond acceptors (Lipinski definition) is 4. The summed E-state index contributed by atoms with van der Waals surface area (Å²) >= 11 is 13.8. The molecule has 1 aromatic carbocycles. The Hall–Kier alpha value is -1.71. The number of nitrogens with zero attached hydrogens (tertiary/aromatic N) is 2. The van der Waals surface area contributed by atoms with Crippen molar-refractivity contribution in [3.05, 3.63) is 34.9 Å². The number of ketones is 1. The van der Waals surface area contributed by atoms with E-state index in [0.29, 0.717) is 34.1 Å². The number of alkyl halides is 1. The van der Waals surface area contributed by atoms with Gasteiger partial charge in [-0.2, -0.15) is 0 Å². The monoisotopic (exact) mass is 520 g/mol. The minimum atomic E-state index is -0.467. The molecule has 0 unspecified atom stereocenters. The van der Waals surface area contributed by atoms with Gasteiger partial charge in [0.1, 0.15) is 5.60 Å². The third kappa shape index (κ3) is 15.2. The number of carbonyl (C=O) groups is 2. The third-order valence-corrected chi connectivity index (χ3v) is 4.09. The molecule has 2 N–H and O–H groups in total. The predicted molar refractivity (Wildman–Crippen MR) is 131 cm³/mol. The van der Waals surface area contributed by atoms with Crippen molar-refractivity contribution in [3.8, 4) is 0 Å². The average Bonchev–Trinajstić information content (AvgIpc) is 2.65. The molecule has 1 aromatic rings. The number of carbonyl (C=O) groups excluding carboxylic acids is 2. The zero-order valence-electron chi connectivity index (χ0n) is 18.0. The van der Waals surface area contributed by atoms with Gasteiger partial charge >= 0.3 is 6.09 Å². The second kappa shape index (κ2) is 15.1. The van der Waals surface area contributed by atoms with E-state index in [1.807, 2.05) is 34.9 Å². The molecule has 168 valence electrons. The first-order valence-electron chi connectivity index (χ1n) is 9.25. The van der Waals surface area contributed by atoms with E-state index in [2.05, 4.69) is 31.6 Å². The van der Waals surface area contributed by atoms with Gasteiger partial charge in [0.05, 0.1) is 16.7 Å². The van der Waals surface area contributed by atoms with Crippen LogP contribution >= 0.6 is 39.7 Å². The lowest BCUT2D eigenvalue weighted by atomic mass is 10.1. The number of halogens is 2. The van der Waals surface area contributed by atoms with Crippen molar-refractivity contribution in [2.75, 3.05) is 32.5 Å². The lowest BCUT2D eigenvalue weighted by molar-refractivity contribution is 0.0527. The summed E-state index contributed by atoms with van der Waals surface area (Å²) in [6, 6.07) is 7.01. The third-order valence-electron chi connectivity index (χ3n) is 3.00. The number of alkyl carbamates (subject to hydrolysis) is 1. The number of amides is 1. The van der Waals surface area contributed by atoms with Gasteiger partial charge in [0.25, 0.3) is 0 Å². The van der Waals surface area contributed by atoms with E-state index >= 15 is 0 Å². The van der Waals surface area contributed by atoms with Crippen molar-refractivity contribution in [1.29, 1.82) is 0 Å². The molecule has 7 nitrogen and oxygen atoms in total. The second-order valence-electron chi connectivity index (χ2n) is 7.26. The number of nitrogens with one attached hydrogen (secondary N) is 2. The van der Waals surface area contributed by atoms with Crippen LogP contribution < -0.4 is 10.6 Å². The molecular weight excluding hydrogens is 492 g/mol. The van der Waals surface area contributed by atoms with E-state index in [4.69, 9.17) is 28.6 Å². The lowest BCUT2D eigenvalue weighted by Gasteiger charge is -2.19. The van der Waals surface area contributed by atoms with E-state index in [1.165, 1.54) is 0 Å². The summed E-state index contributed by atoms with van der Waals surface area (Å²) in [7, 11) is 3.74. The lowest BCUT2D eigenvalue weighted by Crippen LogP contribution is -2.34. The minimum Gasteiger partial charge on any atom is -0.444 e. The maximum absolute atomic E-state index is 11.3. The first-order valence-corrected chi connectivity index (χ1v) is 11.2. The smallest absolute Gasteiger partial charge is 0.407 e. The van der Waals surface area contributed by atoms with E-state index < -0.39 is 11.7 Å². The number of rotatable bonds is 7. The number of Topliss-reactive ketones (excluding diaryl/α,β-unsaturated/α-hetero) is 1. The van der Waals surface area contributed by atoms with Gasteiger partial charge in [-0.05, 0) is 51.5 Å². The van der Waals surface area contributed by atoms with Crippen LogP contribution in [0.3, 0.4) is 0 Å². The van der Waals surface area contributed by atoms with Crippen molar-refractivity contribution in [1.82, 2.24) is 15.5 Å². The molecule has 0 radical (unpaired) electrons. The Morgan fingerprint density at radius 1 is 1.23 bits per heavy atom. The Morgan fingerprint density at radius 3 is 2.37 bits per heavy atom. The van der Waals surface area contributed by atoms with Crippen LogP contribution in [0.15, 0.2) is 29.3 Å². The summed E-state index contributed by atoms with van der Waals surface area (Å²) in [5.74, 6) is 0.00981. The van der Waals surface area contributed by atoms with Crippen LogP contribution in [0.1, 0.15) is 37.6 Å². The summed E-state index contributed by atoms with van der Waals surface area (Å²) < 4.78 is 5.11. The van der Waals surface area contributed by atoms with Crippen molar-refractivity contribution < 1.29 is 14.3 Å². The highest BCUT2D eigenvalue weighted by Crippen LogP contribution is 2.15. The summed E-state index contributed by atoms with van der Waals surface area (Å²) in [4.78, 5) is 28.2. The van der Waals surface area contributed by atoms with Gasteiger partial charge in [-0.15, -0.1) is 0 Å². The van der Waals surface area contributed by atoms with E-state index in [-0.39, 0.29) is 5.78 Å². The topological polar surface area (TPSA) is 83.0 Å². The molecule has 1 rings (SSSR count). The van der Waals surface area contributed by atoms with E-state index in [1.54, 1.807) is 35.5 Å². The normalized spacial score (nSPS) is 10.6. The molecule has 0 spiro atoms. The SMILES string of the molecule is CN(C)/C=N/C(=S)NCCCNC(=O)OC(C)(C)C.O=C(CBr)c1ccccc1Cl. The van der Waals surface area contributed by atoms with Crippen molar-refractivity contribution in [3.63, 3.8) is 0 Å². The van der Waals surface area contributed by atoms with E-state index in [0.717, 1.165) is 6.42 Å². The van der Waals surface area contributed by atoms with Gasteiger partial charge in [0.15, 0.2) is 10.9 Å². The fraction of sp³-hybridized carbons (Fsp3) is 0.500. The second-order valence-corrected chi connectivity index (χ2v) is 8.61. The van der Waals surface area contributed by atoms with Crippen LogP contribution in [0.25, 0.3) is 0 Å². The molecule has 0 saturated heterocycles. The van der Waals surface area contributed by atoms with Gasteiger partial charge in [0.2, 0.25) is 0 Å². The predicted octanol–water partition coefficient (Wildman–Crippen LogP) is 4.28. The average molecular weight is 522 g/mol. The van der Waals surface area contributed by atoms with Gasteiger partial charge in [-0.1, -0.05) is 39.7 Å². The molecule has 0 aliphatic heterocycles. The number of benzene rings is 1. The maximum Gasteiger partial charge on any atom is 0.407 e. The van der Waals surface area contributed by atoms with E-state index in [9.17, 15) is 9.59 Å². The summed E-state index contributed by atoms with van der Waals surface area (Å²) in [6.45, 7) is 6.67. The van der Waals surface area contributed by atoms with Crippen molar-refractivity contribution >= 4 is 63.1 Å². The highest BCUT2D eigenvalue weighted by atomic mass is 79.9. The van der Waals surface area contributed by atoms with Crippen LogP contribution in [-0.2, 0) is 4.74 Å². The van der Waals surface area contributed by atoms with Crippen molar-refractivity contribution in [2.45, 2.75) is 32.8 Å². The summed E-state index contributed by atoms with van der Waals surface area (Å²) in [5, 5.41) is 6.91. The highest BCUT2D eigenvalue weighted by molar-refractivity contribution is 9.09. The Kier molecular flexibility index (Phi) is 14.3. The standard InChI is InChI=1S/C12H24N4O2S.C8H6BrClO/c1-12(2,3)18-11(17)14-8-6-7-13-10(19)15-9-16(4)5;9-5-8(11)6-3-1-2-4-7(6)10/h9H,6-8H2,1-5H3,(H,13,19)(H,14,17);1-4H,5H2/b15-9+;. The Morgan fingerprint density at radius 2 is 1.83 bits per heavy atom. The first-order chi connectivity index (χ1) is 14.0. The van der Waals surface area contributed by atoms with Crippen LogP contribution in [0.4, 0.5) is 4.79 Å². The number of thiocarbonyl (C=S) groups is 1. The van der Waals surface area contributed by atoms with Gasteiger partial charge in [-0.25, -0.2) is 9.79 Å². The molecule has 0 atom stereocenters. The largest absolute Gasteiger partial charge is 0.444 e. The summed E-state index contributed by atoms with van der Waals surface area (Å²) in [5.41, 5.74) is 0.108. The molecule has 10 heteroatoms. The maximum atomic E-state index is 11.3. The fourth-order valence-electron chi connectivity index (χ4n) is 1.76. The molecule has 30 heavy (non-hydrogen) atoms. The Bertz CT molecular complexity index is 724. The molecule has 0 fully saturated rings.